The summed E-state index contributed by atoms with van der Waals surface area (Å²) in [5.74, 6) is 0.940. The zero-order chi connectivity index (χ0) is 14.6. The van der Waals surface area contributed by atoms with Gasteiger partial charge in [-0.25, -0.2) is 0 Å². The third kappa shape index (κ3) is 3.00. The van der Waals surface area contributed by atoms with Crippen molar-refractivity contribution < 1.29 is 22.3 Å². The number of nitrogens with zero attached hydrogens (tertiary/aromatic N) is 1. The van der Waals surface area contributed by atoms with Crippen LogP contribution in [0.1, 0.15) is 5.76 Å². The first-order valence-corrected chi connectivity index (χ1v) is 7.06. The van der Waals surface area contributed by atoms with Crippen molar-refractivity contribution in [2.45, 2.75) is 4.90 Å². The van der Waals surface area contributed by atoms with Crippen molar-refractivity contribution in [3.05, 3.63) is 42.4 Å². The molecule has 6 nitrogen and oxygen atoms in total. The number of methoxy groups -OCH3 is 2. The molecule has 0 spiro atoms. The topological polar surface area (TPSA) is 78.1 Å². The Bertz CT molecular complexity index is 704. The Morgan fingerprint density at radius 3 is 2.60 bits per heavy atom. The number of hydrogen-bond acceptors (Lipinski definition) is 5. The quantitative estimate of drug-likeness (QED) is 0.789. The molecule has 0 N–H and O–H groups in total. The molecular weight excluding hydrogens is 282 g/mol. The molecule has 0 unspecified atom stereocenters. The number of hydrogen-bond donors (Lipinski definition) is 0. The van der Waals surface area contributed by atoms with E-state index in [1.54, 1.807) is 18.2 Å². The summed E-state index contributed by atoms with van der Waals surface area (Å²) in [6.07, 6.45) is 2.56. The molecule has 0 fully saturated rings. The Hall–Kier alpha value is -2.28. The molecule has 0 radical (unpaired) electrons. The van der Waals surface area contributed by atoms with E-state index in [9.17, 15) is 8.42 Å². The minimum atomic E-state index is -3.91. The normalized spacial score (nSPS) is 11.7. The van der Waals surface area contributed by atoms with Gasteiger partial charge in [-0.1, -0.05) is 0 Å². The Labute approximate surface area is 116 Å². The van der Waals surface area contributed by atoms with Gasteiger partial charge in [0.15, 0.2) is 0 Å². The monoisotopic (exact) mass is 295 g/mol. The molecule has 1 heterocycles. The van der Waals surface area contributed by atoms with Crippen LogP contribution in [-0.4, -0.2) is 28.9 Å². The van der Waals surface area contributed by atoms with Crippen LogP contribution in [0.25, 0.3) is 0 Å². The maximum absolute atomic E-state index is 12.2. The lowest BCUT2D eigenvalue weighted by atomic mass is 10.3. The molecule has 7 heteroatoms. The van der Waals surface area contributed by atoms with Crippen LogP contribution in [-0.2, 0) is 10.0 Å². The van der Waals surface area contributed by atoms with Crippen molar-refractivity contribution in [2.75, 3.05) is 14.2 Å². The van der Waals surface area contributed by atoms with Gasteiger partial charge in [0.1, 0.15) is 22.2 Å². The lowest BCUT2D eigenvalue weighted by molar-refractivity contribution is 0.392. The van der Waals surface area contributed by atoms with E-state index in [-0.39, 0.29) is 10.6 Å². The van der Waals surface area contributed by atoms with Gasteiger partial charge >= 0.3 is 0 Å². The molecule has 0 bridgehead atoms. The average Bonchev–Trinajstić information content (AvgIpc) is 2.98. The van der Waals surface area contributed by atoms with Crippen molar-refractivity contribution >= 4 is 16.2 Å². The van der Waals surface area contributed by atoms with Gasteiger partial charge < -0.3 is 13.9 Å². The molecule has 0 atom stereocenters. The number of furan rings is 1. The Kier molecular flexibility index (Phi) is 4.09. The first-order chi connectivity index (χ1) is 9.56. The fraction of sp³-hybridized carbons (Fsp3) is 0.154. The molecule has 0 amide bonds. The smallest absolute Gasteiger partial charge is 0.286 e. The SMILES string of the molecule is COc1ccc(OC)c(S(=O)(=O)N=Cc2ccco2)c1. The summed E-state index contributed by atoms with van der Waals surface area (Å²) in [5, 5.41) is 0. The van der Waals surface area contributed by atoms with Crippen LogP contribution in [0.2, 0.25) is 0 Å². The minimum Gasteiger partial charge on any atom is -0.497 e. The molecule has 2 rings (SSSR count). The van der Waals surface area contributed by atoms with Gasteiger partial charge in [0.05, 0.1) is 26.7 Å². The van der Waals surface area contributed by atoms with E-state index in [0.29, 0.717) is 11.5 Å². The van der Waals surface area contributed by atoms with Crippen LogP contribution in [0.3, 0.4) is 0 Å². The summed E-state index contributed by atoms with van der Waals surface area (Å²) in [4.78, 5) is -0.0674. The first kappa shape index (κ1) is 14.1. The van der Waals surface area contributed by atoms with Crippen LogP contribution in [0.5, 0.6) is 11.5 Å². The molecule has 2 aromatic rings. The molecule has 0 aliphatic rings. The Morgan fingerprint density at radius 1 is 1.20 bits per heavy atom. The van der Waals surface area contributed by atoms with Gasteiger partial charge in [0.25, 0.3) is 10.0 Å². The zero-order valence-electron chi connectivity index (χ0n) is 10.9. The molecule has 1 aromatic carbocycles. The second kappa shape index (κ2) is 5.79. The third-order valence-corrected chi connectivity index (χ3v) is 3.77. The molecule has 1 aromatic heterocycles. The highest BCUT2D eigenvalue weighted by molar-refractivity contribution is 7.90. The van der Waals surface area contributed by atoms with E-state index in [4.69, 9.17) is 13.9 Å². The summed E-state index contributed by atoms with van der Waals surface area (Å²) in [5.41, 5.74) is 0. The van der Waals surface area contributed by atoms with Crippen LogP contribution in [0.15, 0.2) is 50.3 Å². The predicted octanol–water partition coefficient (Wildman–Crippen LogP) is 2.10. The average molecular weight is 295 g/mol. The van der Waals surface area contributed by atoms with Gasteiger partial charge in [-0.3, -0.25) is 0 Å². The van der Waals surface area contributed by atoms with E-state index in [0.717, 1.165) is 6.21 Å². The molecule has 0 saturated heterocycles. The van der Waals surface area contributed by atoms with E-state index >= 15 is 0 Å². The fourth-order valence-corrected chi connectivity index (χ4v) is 2.56. The van der Waals surface area contributed by atoms with Gasteiger partial charge in [-0.2, -0.15) is 12.8 Å². The van der Waals surface area contributed by atoms with Crippen LogP contribution < -0.4 is 9.47 Å². The van der Waals surface area contributed by atoms with Gasteiger partial charge in [-0.05, 0) is 24.3 Å². The molecular formula is C13H13NO5S. The maximum atomic E-state index is 12.2. The lowest BCUT2D eigenvalue weighted by Crippen LogP contribution is -2.01. The number of benzene rings is 1. The van der Waals surface area contributed by atoms with E-state index in [1.807, 2.05) is 0 Å². The standard InChI is InChI=1S/C13H13NO5S/c1-17-10-5-6-12(18-2)13(8-10)20(15,16)14-9-11-4-3-7-19-11/h3-9H,1-2H3. The van der Waals surface area contributed by atoms with Gasteiger partial charge in [0.2, 0.25) is 0 Å². The largest absolute Gasteiger partial charge is 0.497 e. The number of sulfonamides is 1. The Balaban J connectivity index is 2.42. The molecule has 0 aliphatic heterocycles. The second-order valence-corrected chi connectivity index (χ2v) is 5.34. The summed E-state index contributed by atoms with van der Waals surface area (Å²) >= 11 is 0. The minimum absolute atomic E-state index is 0.0674. The molecule has 0 aliphatic carbocycles. The Morgan fingerprint density at radius 2 is 2.00 bits per heavy atom. The zero-order valence-corrected chi connectivity index (χ0v) is 11.8. The van der Waals surface area contributed by atoms with Crippen molar-refractivity contribution in [3.63, 3.8) is 0 Å². The van der Waals surface area contributed by atoms with Crippen molar-refractivity contribution in [2.24, 2.45) is 4.40 Å². The number of ether oxygens (including phenoxy) is 2. The van der Waals surface area contributed by atoms with E-state index in [1.165, 1.54) is 32.6 Å². The van der Waals surface area contributed by atoms with Crippen LogP contribution in [0, 0.1) is 0 Å². The predicted molar refractivity (Wildman–Crippen MR) is 73.0 cm³/mol. The van der Waals surface area contributed by atoms with Gasteiger partial charge in [-0.15, -0.1) is 0 Å². The highest BCUT2D eigenvalue weighted by Gasteiger charge is 2.19. The highest BCUT2D eigenvalue weighted by Crippen LogP contribution is 2.29. The third-order valence-electron chi connectivity index (χ3n) is 2.51. The molecule has 106 valence electrons. The van der Waals surface area contributed by atoms with Crippen molar-refractivity contribution in [1.82, 2.24) is 0 Å². The molecule has 20 heavy (non-hydrogen) atoms. The summed E-state index contributed by atoms with van der Waals surface area (Å²) < 4.78 is 43.0. The maximum Gasteiger partial charge on any atom is 0.286 e. The van der Waals surface area contributed by atoms with Gasteiger partial charge in [0, 0.05) is 6.07 Å². The lowest BCUT2D eigenvalue weighted by Gasteiger charge is -2.08. The van der Waals surface area contributed by atoms with Crippen LogP contribution >= 0.6 is 0 Å². The summed E-state index contributed by atoms with van der Waals surface area (Å²) in [6, 6.07) is 7.71. The highest BCUT2D eigenvalue weighted by atomic mass is 32.2. The molecule has 0 saturated carbocycles. The fourth-order valence-electron chi connectivity index (χ4n) is 1.53. The van der Waals surface area contributed by atoms with Crippen molar-refractivity contribution in [3.8, 4) is 11.5 Å². The van der Waals surface area contributed by atoms with E-state index in [2.05, 4.69) is 4.40 Å². The summed E-state index contributed by atoms with van der Waals surface area (Å²) in [6.45, 7) is 0. The second-order valence-electron chi connectivity index (χ2n) is 3.74. The van der Waals surface area contributed by atoms with E-state index < -0.39 is 10.0 Å². The van der Waals surface area contributed by atoms with Crippen LogP contribution in [0.4, 0.5) is 0 Å². The summed E-state index contributed by atoms with van der Waals surface area (Å²) in [7, 11) is -1.07. The first-order valence-electron chi connectivity index (χ1n) is 5.62. The number of rotatable bonds is 5. The van der Waals surface area contributed by atoms with Crippen molar-refractivity contribution in [1.29, 1.82) is 0 Å².